The molecule has 1 heterocycles. The van der Waals surface area contributed by atoms with Gasteiger partial charge in [-0.3, -0.25) is 0 Å². The number of nitriles is 1. The van der Waals surface area contributed by atoms with E-state index in [0.29, 0.717) is 37.4 Å². The fourth-order valence-electron chi connectivity index (χ4n) is 2.38. The number of benzene rings is 1. The number of amides is 1. The summed E-state index contributed by atoms with van der Waals surface area (Å²) in [6.07, 6.45) is -0.287. The van der Waals surface area contributed by atoms with E-state index in [1.165, 1.54) is 0 Å². The molecule has 0 radical (unpaired) electrons. The number of ether oxygens (including phenoxy) is 1. The van der Waals surface area contributed by atoms with Crippen LogP contribution in [0.2, 0.25) is 0 Å². The van der Waals surface area contributed by atoms with Crippen molar-refractivity contribution in [1.29, 1.82) is 5.26 Å². The third-order valence-corrected chi connectivity index (χ3v) is 3.41. The van der Waals surface area contributed by atoms with Gasteiger partial charge < -0.3 is 20.3 Å². The molecule has 1 aliphatic rings. The third-order valence-electron chi connectivity index (χ3n) is 3.41. The van der Waals surface area contributed by atoms with Gasteiger partial charge in [0.1, 0.15) is 11.7 Å². The lowest BCUT2D eigenvalue weighted by Crippen LogP contribution is -2.50. The molecule has 1 aromatic carbocycles. The lowest BCUT2D eigenvalue weighted by atomic mass is 10.1. The zero-order chi connectivity index (χ0) is 16.3. The molecule has 1 fully saturated rings. The zero-order valence-corrected chi connectivity index (χ0v) is 13.3. The van der Waals surface area contributed by atoms with Gasteiger partial charge in [0, 0.05) is 31.9 Å². The zero-order valence-electron chi connectivity index (χ0n) is 13.3. The molecule has 22 heavy (non-hydrogen) atoms. The summed E-state index contributed by atoms with van der Waals surface area (Å²) in [5, 5.41) is 9.22. The van der Waals surface area contributed by atoms with E-state index >= 15 is 0 Å². The number of nitrogen functional groups attached to an aromatic ring is 1. The third kappa shape index (κ3) is 3.82. The molecule has 1 saturated heterocycles. The van der Waals surface area contributed by atoms with Gasteiger partial charge in [-0.05, 0) is 39.0 Å². The molecule has 0 aliphatic carbocycles. The van der Waals surface area contributed by atoms with Gasteiger partial charge in [-0.2, -0.15) is 5.26 Å². The fourth-order valence-corrected chi connectivity index (χ4v) is 2.38. The molecule has 0 aromatic heterocycles. The largest absolute Gasteiger partial charge is 0.444 e. The monoisotopic (exact) mass is 302 g/mol. The summed E-state index contributed by atoms with van der Waals surface area (Å²) in [6.45, 7) is 8.04. The summed E-state index contributed by atoms with van der Waals surface area (Å²) in [4.78, 5) is 15.8. The van der Waals surface area contributed by atoms with Crippen LogP contribution >= 0.6 is 0 Å². The van der Waals surface area contributed by atoms with Crippen molar-refractivity contribution in [2.24, 2.45) is 0 Å². The van der Waals surface area contributed by atoms with Crippen LogP contribution in [-0.4, -0.2) is 42.8 Å². The van der Waals surface area contributed by atoms with Gasteiger partial charge >= 0.3 is 6.09 Å². The number of hydrogen-bond donors (Lipinski definition) is 1. The Balaban J connectivity index is 2.01. The second-order valence-electron chi connectivity index (χ2n) is 6.34. The van der Waals surface area contributed by atoms with E-state index in [1.807, 2.05) is 26.8 Å². The van der Waals surface area contributed by atoms with Crippen molar-refractivity contribution in [2.45, 2.75) is 26.4 Å². The van der Waals surface area contributed by atoms with Crippen LogP contribution in [0, 0.1) is 11.3 Å². The van der Waals surface area contributed by atoms with Gasteiger partial charge in [-0.1, -0.05) is 0 Å². The Morgan fingerprint density at radius 1 is 1.27 bits per heavy atom. The standard InChI is InChI=1S/C16H22N4O2/c1-16(2,3)22-15(21)20-8-6-19(7-9-20)14-5-4-13(18)10-12(14)11-17/h4-5,10H,6-9,18H2,1-3H3. The van der Waals surface area contributed by atoms with Crippen molar-refractivity contribution in [3.63, 3.8) is 0 Å². The first-order valence-electron chi connectivity index (χ1n) is 7.32. The van der Waals surface area contributed by atoms with Crippen LogP contribution in [0.15, 0.2) is 18.2 Å². The molecule has 0 saturated carbocycles. The number of carbonyl (C=O) groups is 1. The van der Waals surface area contributed by atoms with Crippen LogP contribution in [-0.2, 0) is 4.74 Å². The van der Waals surface area contributed by atoms with Crippen molar-refractivity contribution < 1.29 is 9.53 Å². The van der Waals surface area contributed by atoms with E-state index in [9.17, 15) is 10.1 Å². The van der Waals surface area contributed by atoms with Crippen LogP contribution in [0.25, 0.3) is 0 Å². The lowest BCUT2D eigenvalue weighted by molar-refractivity contribution is 0.0240. The summed E-state index contributed by atoms with van der Waals surface area (Å²) >= 11 is 0. The molecule has 2 N–H and O–H groups in total. The van der Waals surface area contributed by atoms with E-state index in [-0.39, 0.29) is 6.09 Å². The molecule has 0 bridgehead atoms. The quantitative estimate of drug-likeness (QED) is 0.804. The highest BCUT2D eigenvalue weighted by Crippen LogP contribution is 2.24. The van der Waals surface area contributed by atoms with E-state index < -0.39 is 5.60 Å². The second-order valence-corrected chi connectivity index (χ2v) is 6.34. The van der Waals surface area contributed by atoms with Gasteiger partial charge in [-0.25, -0.2) is 4.79 Å². The first kappa shape index (κ1) is 16.0. The second kappa shape index (κ2) is 6.14. The van der Waals surface area contributed by atoms with Gasteiger partial charge in [-0.15, -0.1) is 0 Å². The SMILES string of the molecule is CC(C)(C)OC(=O)N1CCN(c2ccc(N)cc2C#N)CC1. The number of carbonyl (C=O) groups excluding carboxylic acids is 1. The number of nitrogens with two attached hydrogens (primary N) is 1. The van der Waals surface area contributed by atoms with Crippen LogP contribution in [0.5, 0.6) is 0 Å². The normalized spacial score (nSPS) is 15.4. The number of nitrogens with zero attached hydrogens (tertiary/aromatic N) is 3. The van der Waals surface area contributed by atoms with Gasteiger partial charge in [0.25, 0.3) is 0 Å². The molecule has 6 heteroatoms. The minimum absolute atomic E-state index is 0.287. The highest BCUT2D eigenvalue weighted by atomic mass is 16.6. The van der Waals surface area contributed by atoms with Crippen molar-refractivity contribution in [2.75, 3.05) is 36.8 Å². The molecule has 118 valence electrons. The maximum absolute atomic E-state index is 12.0. The van der Waals surface area contributed by atoms with E-state index in [2.05, 4.69) is 11.0 Å². The Bertz CT molecular complexity index is 593. The Hall–Kier alpha value is -2.42. The summed E-state index contributed by atoms with van der Waals surface area (Å²) < 4.78 is 5.38. The predicted octanol–water partition coefficient (Wildman–Crippen LogP) is 2.20. The van der Waals surface area contributed by atoms with Crippen molar-refractivity contribution >= 4 is 17.5 Å². The number of hydrogen-bond acceptors (Lipinski definition) is 5. The molecule has 0 atom stereocenters. The first-order chi connectivity index (χ1) is 10.3. The molecular formula is C16H22N4O2. The number of rotatable bonds is 1. The number of piperazine rings is 1. The Morgan fingerprint density at radius 2 is 1.91 bits per heavy atom. The Labute approximate surface area is 131 Å². The minimum atomic E-state index is -0.487. The molecule has 2 rings (SSSR count). The van der Waals surface area contributed by atoms with Crippen molar-refractivity contribution in [1.82, 2.24) is 4.90 Å². The Kier molecular flexibility index (Phi) is 4.45. The molecular weight excluding hydrogens is 280 g/mol. The summed E-state index contributed by atoms with van der Waals surface area (Å²) in [5.74, 6) is 0. The average molecular weight is 302 g/mol. The maximum atomic E-state index is 12.0. The molecule has 6 nitrogen and oxygen atoms in total. The first-order valence-corrected chi connectivity index (χ1v) is 7.32. The summed E-state index contributed by atoms with van der Waals surface area (Å²) in [7, 11) is 0. The van der Waals surface area contributed by atoms with Crippen LogP contribution in [0.1, 0.15) is 26.3 Å². The van der Waals surface area contributed by atoms with Crippen LogP contribution < -0.4 is 10.6 Å². The molecule has 1 amide bonds. The molecule has 0 spiro atoms. The number of anilines is 2. The maximum Gasteiger partial charge on any atom is 0.410 e. The Morgan fingerprint density at radius 3 is 2.45 bits per heavy atom. The lowest BCUT2D eigenvalue weighted by Gasteiger charge is -2.37. The highest BCUT2D eigenvalue weighted by molar-refractivity contribution is 5.69. The van der Waals surface area contributed by atoms with E-state index in [4.69, 9.17) is 10.5 Å². The van der Waals surface area contributed by atoms with Gasteiger partial charge in [0.05, 0.1) is 11.3 Å². The molecule has 1 aliphatic heterocycles. The topological polar surface area (TPSA) is 82.6 Å². The summed E-state index contributed by atoms with van der Waals surface area (Å²) in [6, 6.07) is 7.49. The van der Waals surface area contributed by atoms with Crippen molar-refractivity contribution in [3.05, 3.63) is 23.8 Å². The van der Waals surface area contributed by atoms with Crippen LogP contribution in [0.4, 0.5) is 16.2 Å². The van der Waals surface area contributed by atoms with Crippen molar-refractivity contribution in [3.8, 4) is 6.07 Å². The molecule has 1 aromatic rings. The van der Waals surface area contributed by atoms with Gasteiger partial charge in [0.2, 0.25) is 0 Å². The van der Waals surface area contributed by atoms with E-state index in [1.54, 1.807) is 17.0 Å². The highest BCUT2D eigenvalue weighted by Gasteiger charge is 2.26. The smallest absolute Gasteiger partial charge is 0.410 e. The average Bonchev–Trinajstić information content (AvgIpc) is 2.45. The molecule has 0 unspecified atom stereocenters. The minimum Gasteiger partial charge on any atom is -0.444 e. The summed E-state index contributed by atoms with van der Waals surface area (Å²) in [5.41, 5.74) is 7.23. The predicted molar refractivity (Wildman–Crippen MR) is 85.6 cm³/mol. The van der Waals surface area contributed by atoms with E-state index in [0.717, 1.165) is 5.69 Å². The van der Waals surface area contributed by atoms with Crippen LogP contribution in [0.3, 0.4) is 0 Å². The van der Waals surface area contributed by atoms with Gasteiger partial charge in [0.15, 0.2) is 0 Å². The fraction of sp³-hybridized carbons (Fsp3) is 0.500.